The molecule has 2 aromatic rings. The van der Waals surface area contributed by atoms with Gasteiger partial charge >= 0.3 is 6.18 Å². The van der Waals surface area contributed by atoms with E-state index in [2.05, 4.69) is 10.6 Å². The summed E-state index contributed by atoms with van der Waals surface area (Å²) in [5, 5.41) is 15.0. The predicted octanol–water partition coefficient (Wildman–Crippen LogP) is 3.46. The Morgan fingerprint density at radius 2 is 1.91 bits per heavy atom. The number of carbonyl (C=O) groups excluding carboxylic acids is 2. The van der Waals surface area contributed by atoms with E-state index in [0.717, 1.165) is 6.07 Å². The first-order valence-corrected chi connectivity index (χ1v) is 10.3. The molecule has 2 aromatic carbocycles. The van der Waals surface area contributed by atoms with Crippen molar-refractivity contribution in [3.8, 4) is 11.5 Å². The van der Waals surface area contributed by atoms with Crippen LogP contribution in [-0.2, 0) is 27.0 Å². The zero-order valence-corrected chi connectivity index (χ0v) is 18.2. The van der Waals surface area contributed by atoms with E-state index < -0.39 is 23.4 Å². The lowest BCUT2D eigenvalue weighted by Gasteiger charge is -2.26. The van der Waals surface area contributed by atoms with Crippen molar-refractivity contribution < 1.29 is 37.3 Å². The zero-order chi connectivity index (χ0) is 24.2. The number of halogens is 3. The molecule has 0 radical (unpaired) electrons. The van der Waals surface area contributed by atoms with Crippen LogP contribution in [0.1, 0.15) is 43.1 Å². The van der Waals surface area contributed by atoms with E-state index in [9.17, 15) is 27.9 Å². The fraction of sp³-hybridized carbons (Fsp3) is 0.391. The fourth-order valence-electron chi connectivity index (χ4n) is 3.51. The maximum absolute atomic E-state index is 13.4. The molecule has 0 spiro atoms. The van der Waals surface area contributed by atoms with Crippen LogP contribution >= 0.6 is 0 Å². The lowest BCUT2D eigenvalue weighted by atomic mass is 9.97. The smallest absolute Gasteiger partial charge is 0.419 e. The number of aliphatic hydroxyl groups excluding tert-OH is 1. The zero-order valence-electron chi connectivity index (χ0n) is 18.2. The van der Waals surface area contributed by atoms with Crippen molar-refractivity contribution in [3.63, 3.8) is 0 Å². The molecule has 7 nitrogen and oxygen atoms in total. The Morgan fingerprint density at radius 1 is 1.21 bits per heavy atom. The SMILES string of the molecule is CC(=O)NC1(C(=O)NCc2ccc(Oc3ccc(C(C)O)cc3C(F)(F)F)cc2)CCOC1. The molecule has 0 saturated carbocycles. The first kappa shape index (κ1) is 24.5. The average molecular weight is 466 g/mol. The second-order valence-corrected chi connectivity index (χ2v) is 7.92. The number of ether oxygens (including phenoxy) is 2. The molecule has 2 unspecified atom stereocenters. The summed E-state index contributed by atoms with van der Waals surface area (Å²) in [6.45, 7) is 3.30. The largest absolute Gasteiger partial charge is 0.457 e. The van der Waals surface area contributed by atoms with E-state index in [1.807, 2.05) is 0 Å². The summed E-state index contributed by atoms with van der Waals surface area (Å²) in [7, 11) is 0. The van der Waals surface area contributed by atoms with Crippen molar-refractivity contribution in [2.75, 3.05) is 13.2 Å². The normalized spacial score (nSPS) is 19.1. The molecule has 1 saturated heterocycles. The number of hydrogen-bond donors (Lipinski definition) is 3. The van der Waals surface area contributed by atoms with Gasteiger partial charge in [-0.2, -0.15) is 13.2 Å². The molecule has 3 N–H and O–H groups in total. The van der Waals surface area contributed by atoms with Crippen LogP contribution in [0.15, 0.2) is 42.5 Å². The van der Waals surface area contributed by atoms with E-state index in [4.69, 9.17) is 9.47 Å². The van der Waals surface area contributed by atoms with Crippen molar-refractivity contribution in [1.82, 2.24) is 10.6 Å². The predicted molar refractivity (Wildman–Crippen MR) is 112 cm³/mol. The minimum Gasteiger partial charge on any atom is -0.457 e. The number of hydrogen-bond acceptors (Lipinski definition) is 5. The fourth-order valence-corrected chi connectivity index (χ4v) is 3.51. The summed E-state index contributed by atoms with van der Waals surface area (Å²) >= 11 is 0. The molecule has 1 fully saturated rings. The molecule has 1 aliphatic heterocycles. The minimum absolute atomic E-state index is 0.0839. The van der Waals surface area contributed by atoms with Crippen LogP contribution in [0.5, 0.6) is 11.5 Å². The Kier molecular flexibility index (Phi) is 7.28. The van der Waals surface area contributed by atoms with Crippen LogP contribution < -0.4 is 15.4 Å². The van der Waals surface area contributed by atoms with E-state index >= 15 is 0 Å². The molecule has 0 aromatic heterocycles. The Hall–Kier alpha value is -3.11. The monoisotopic (exact) mass is 466 g/mol. The first-order valence-electron chi connectivity index (χ1n) is 10.3. The van der Waals surface area contributed by atoms with Gasteiger partial charge in [-0.3, -0.25) is 9.59 Å². The molecular weight excluding hydrogens is 441 g/mol. The van der Waals surface area contributed by atoms with E-state index in [1.54, 1.807) is 12.1 Å². The molecule has 2 atom stereocenters. The number of nitrogens with one attached hydrogen (secondary N) is 2. The van der Waals surface area contributed by atoms with Crippen molar-refractivity contribution in [2.24, 2.45) is 0 Å². The molecule has 178 valence electrons. The van der Waals surface area contributed by atoms with Crippen LogP contribution in [0.3, 0.4) is 0 Å². The number of amides is 2. The Bertz CT molecular complexity index is 1000. The van der Waals surface area contributed by atoms with E-state index in [-0.39, 0.29) is 42.0 Å². The molecule has 1 heterocycles. The molecule has 10 heteroatoms. The summed E-state index contributed by atoms with van der Waals surface area (Å²) in [6.07, 6.45) is -5.34. The summed E-state index contributed by atoms with van der Waals surface area (Å²) in [5.74, 6) is -0.911. The number of benzene rings is 2. The van der Waals surface area contributed by atoms with Crippen LogP contribution in [0, 0.1) is 0 Å². The van der Waals surface area contributed by atoms with Gasteiger partial charge in [-0.1, -0.05) is 18.2 Å². The third kappa shape index (κ3) is 6.02. The van der Waals surface area contributed by atoms with Gasteiger partial charge in [-0.25, -0.2) is 0 Å². The number of carbonyl (C=O) groups is 2. The van der Waals surface area contributed by atoms with Gasteiger partial charge in [0, 0.05) is 26.5 Å². The Morgan fingerprint density at radius 3 is 2.45 bits per heavy atom. The van der Waals surface area contributed by atoms with Gasteiger partial charge in [0.2, 0.25) is 11.8 Å². The van der Waals surface area contributed by atoms with Crippen molar-refractivity contribution in [3.05, 3.63) is 59.2 Å². The highest BCUT2D eigenvalue weighted by atomic mass is 19.4. The third-order valence-corrected chi connectivity index (χ3v) is 5.27. The quantitative estimate of drug-likeness (QED) is 0.581. The highest BCUT2D eigenvalue weighted by Crippen LogP contribution is 2.39. The highest BCUT2D eigenvalue weighted by molar-refractivity contribution is 5.91. The Labute approximate surface area is 188 Å². The summed E-state index contributed by atoms with van der Waals surface area (Å²) in [6, 6.07) is 9.62. The third-order valence-electron chi connectivity index (χ3n) is 5.27. The molecular formula is C23H25F3N2O5. The molecule has 0 aliphatic carbocycles. The highest BCUT2D eigenvalue weighted by Gasteiger charge is 2.43. The summed E-state index contributed by atoms with van der Waals surface area (Å²) in [5.41, 5.74) is -1.28. The maximum Gasteiger partial charge on any atom is 0.419 e. The van der Waals surface area contributed by atoms with Gasteiger partial charge in [0.25, 0.3) is 0 Å². The number of rotatable bonds is 7. The molecule has 33 heavy (non-hydrogen) atoms. The molecule has 2 amide bonds. The maximum atomic E-state index is 13.4. The van der Waals surface area contributed by atoms with Crippen molar-refractivity contribution in [2.45, 2.75) is 44.6 Å². The molecule has 3 rings (SSSR count). The standard InChI is InChI=1S/C23H25F3N2O5/c1-14(29)17-5-8-20(19(11-17)23(24,25)26)33-18-6-3-16(4-7-18)12-27-21(31)22(28-15(2)30)9-10-32-13-22/h3-8,11,14,29H,9-10,12-13H2,1-2H3,(H,27,31)(H,28,30). The van der Waals surface area contributed by atoms with Crippen molar-refractivity contribution in [1.29, 1.82) is 0 Å². The summed E-state index contributed by atoms with van der Waals surface area (Å²) in [4.78, 5) is 24.1. The van der Waals surface area contributed by atoms with Gasteiger partial charge in [-0.15, -0.1) is 0 Å². The summed E-state index contributed by atoms with van der Waals surface area (Å²) < 4.78 is 51.0. The van der Waals surface area contributed by atoms with Gasteiger partial charge < -0.3 is 25.2 Å². The van der Waals surface area contributed by atoms with Crippen LogP contribution in [-0.4, -0.2) is 35.7 Å². The lowest BCUT2D eigenvalue weighted by molar-refractivity contribution is -0.138. The van der Waals surface area contributed by atoms with Crippen LogP contribution in [0.2, 0.25) is 0 Å². The average Bonchev–Trinajstić information content (AvgIpc) is 3.21. The second-order valence-electron chi connectivity index (χ2n) is 7.92. The Balaban J connectivity index is 1.68. The van der Waals surface area contributed by atoms with Gasteiger partial charge in [0.15, 0.2) is 0 Å². The van der Waals surface area contributed by atoms with Gasteiger partial charge in [0.05, 0.1) is 18.3 Å². The minimum atomic E-state index is -4.65. The van der Waals surface area contributed by atoms with Crippen LogP contribution in [0.4, 0.5) is 13.2 Å². The van der Waals surface area contributed by atoms with Gasteiger partial charge in [0.1, 0.15) is 17.0 Å². The van der Waals surface area contributed by atoms with Crippen molar-refractivity contribution >= 4 is 11.8 Å². The topological polar surface area (TPSA) is 96.9 Å². The first-order chi connectivity index (χ1) is 15.5. The van der Waals surface area contributed by atoms with Crippen LogP contribution in [0.25, 0.3) is 0 Å². The molecule has 1 aliphatic rings. The van der Waals surface area contributed by atoms with E-state index in [0.29, 0.717) is 18.6 Å². The number of alkyl halides is 3. The van der Waals surface area contributed by atoms with Gasteiger partial charge in [-0.05, 0) is 42.3 Å². The van der Waals surface area contributed by atoms with E-state index in [1.165, 1.54) is 38.1 Å². The number of aliphatic hydroxyl groups is 1. The second kappa shape index (κ2) is 9.80. The molecule has 0 bridgehead atoms. The lowest BCUT2D eigenvalue weighted by Crippen LogP contribution is -2.58.